The Morgan fingerprint density at radius 3 is 1.64 bits per heavy atom. The zero-order chi connectivity index (χ0) is 31.0. The fraction of sp³-hybridized carbons (Fsp3) is 0.233. The highest BCUT2D eigenvalue weighted by Crippen LogP contribution is 2.65. The Labute approximate surface area is 275 Å². The molecule has 5 aromatic carbocycles. The lowest BCUT2D eigenvalue weighted by Crippen LogP contribution is -2.57. The highest BCUT2D eigenvalue weighted by atomic mass is 15.1. The van der Waals surface area contributed by atoms with Crippen LogP contribution < -0.4 is 0 Å². The van der Waals surface area contributed by atoms with Crippen LogP contribution in [0.15, 0.2) is 133 Å². The molecule has 4 nitrogen and oxygen atoms in total. The van der Waals surface area contributed by atoms with Gasteiger partial charge in [0.15, 0.2) is 11.6 Å². The van der Waals surface area contributed by atoms with E-state index >= 15 is 0 Å². The predicted octanol–water partition coefficient (Wildman–Crippen LogP) is 10.0. The van der Waals surface area contributed by atoms with Crippen LogP contribution in [0.4, 0.5) is 0 Å². The molecule has 0 radical (unpaired) electrons. The molecule has 4 bridgehead atoms. The van der Waals surface area contributed by atoms with Crippen LogP contribution in [0.3, 0.4) is 0 Å². The summed E-state index contributed by atoms with van der Waals surface area (Å²) < 4.78 is 2.42. The summed E-state index contributed by atoms with van der Waals surface area (Å²) in [4.78, 5) is 16.1. The highest BCUT2D eigenvalue weighted by Gasteiger charge is 2.60. The number of aromatic nitrogens is 4. The van der Waals surface area contributed by atoms with Crippen molar-refractivity contribution >= 4 is 21.8 Å². The van der Waals surface area contributed by atoms with Crippen LogP contribution in [-0.4, -0.2) is 19.5 Å². The first-order valence-electron chi connectivity index (χ1n) is 17.2. The average molecular weight is 609 g/mol. The van der Waals surface area contributed by atoms with Gasteiger partial charge in [-0.2, -0.15) is 0 Å². The van der Waals surface area contributed by atoms with Crippen LogP contribution >= 0.6 is 0 Å². The number of fused-ring (bicyclic) bond motifs is 3. The van der Waals surface area contributed by atoms with Gasteiger partial charge in [0.05, 0.1) is 16.4 Å². The Bertz CT molecular complexity index is 2170. The molecule has 2 aromatic heterocycles. The molecule has 4 fully saturated rings. The van der Waals surface area contributed by atoms with E-state index < -0.39 is 0 Å². The maximum Gasteiger partial charge on any atom is 0.163 e. The topological polar surface area (TPSA) is 43.6 Å². The molecule has 0 unspecified atom stereocenters. The molecule has 47 heavy (non-hydrogen) atoms. The smallest absolute Gasteiger partial charge is 0.163 e. The second kappa shape index (κ2) is 10.5. The number of nitrogens with zero attached hydrogens (tertiary/aromatic N) is 4. The minimum absolute atomic E-state index is 0.270. The molecule has 7 aromatic rings. The quantitative estimate of drug-likeness (QED) is 0.195. The van der Waals surface area contributed by atoms with E-state index in [1.54, 1.807) is 0 Å². The van der Waals surface area contributed by atoms with Crippen molar-refractivity contribution in [1.29, 1.82) is 0 Å². The van der Waals surface area contributed by atoms with Gasteiger partial charge in [0.2, 0.25) is 0 Å². The summed E-state index contributed by atoms with van der Waals surface area (Å²) in [5.74, 6) is 5.15. The predicted molar refractivity (Wildman–Crippen MR) is 189 cm³/mol. The minimum atomic E-state index is -0.270. The van der Waals surface area contributed by atoms with E-state index in [9.17, 15) is 0 Å². The molecule has 228 valence electrons. The molecule has 0 amide bonds. The molecule has 11 rings (SSSR count). The van der Waals surface area contributed by atoms with Crippen LogP contribution in [0, 0.1) is 23.7 Å². The molecule has 4 aliphatic carbocycles. The molecule has 4 heteroatoms. The first kappa shape index (κ1) is 27.1. The fourth-order valence-electron chi connectivity index (χ4n) is 9.97. The maximum absolute atomic E-state index is 5.49. The molecule has 0 atom stereocenters. The number of para-hydroxylation sites is 2. The van der Waals surface area contributed by atoms with Gasteiger partial charge < -0.3 is 4.57 Å². The Hall–Kier alpha value is -5.09. The molecule has 0 aliphatic heterocycles. The van der Waals surface area contributed by atoms with E-state index in [1.165, 1.54) is 65.2 Å². The van der Waals surface area contributed by atoms with Gasteiger partial charge in [0.1, 0.15) is 5.82 Å². The van der Waals surface area contributed by atoms with Gasteiger partial charge in [0.25, 0.3) is 0 Å². The molecular weight excluding hydrogens is 573 g/mol. The Kier molecular flexibility index (Phi) is 6.03. The summed E-state index contributed by atoms with van der Waals surface area (Å²) in [7, 11) is 0. The van der Waals surface area contributed by atoms with E-state index in [4.69, 9.17) is 15.0 Å². The van der Waals surface area contributed by atoms with Crippen molar-refractivity contribution in [3.63, 3.8) is 0 Å². The van der Waals surface area contributed by atoms with Crippen molar-refractivity contribution < 1.29 is 0 Å². The lowest BCUT2D eigenvalue weighted by atomic mass is 9.43. The van der Waals surface area contributed by atoms with Crippen LogP contribution in [0.1, 0.15) is 43.5 Å². The van der Waals surface area contributed by atoms with Crippen LogP contribution in [0.2, 0.25) is 0 Å². The average Bonchev–Trinajstić information content (AvgIpc) is 3.46. The fourth-order valence-corrected chi connectivity index (χ4v) is 9.97. The molecule has 0 N–H and O–H groups in total. The zero-order valence-electron chi connectivity index (χ0n) is 26.3. The molecule has 0 spiro atoms. The van der Waals surface area contributed by atoms with Gasteiger partial charge in [-0.05, 0) is 91.7 Å². The van der Waals surface area contributed by atoms with E-state index in [0.717, 1.165) is 40.4 Å². The van der Waals surface area contributed by atoms with Crippen molar-refractivity contribution in [1.82, 2.24) is 19.5 Å². The summed E-state index contributed by atoms with van der Waals surface area (Å²) in [6, 6.07) is 47.9. The lowest BCUT2D eigenvalue weighted by molar-refractivity contribution is -0.0453. The summed E-state index contributed by atoms with van der Waals surface area (Å²) in [5, 5.41) is 2.59. The summed E-state index contributed by atoms with van der Waals surface area (Å²) in [6.45, 7) is 0. The molecular formula is C43H36N4. The summed E-state index contributed by atoms with van der Waals surface area (Å²) in [5.41, 5.74) is 6.84. The van der Waals surface area contributed by atoms with Gasteiger partial charge in [-0.25, -0.2) is 15.0 Å². The molecule has 4 aliphatic rings. The lowest BCUT2D eigenvalue weighted by Gasteiger charge is -2.60. The largest absolute Gasteiger partial charge is 0.309 e. The Morgan fingerprint density at radius 1 is 0.489 bits per heavy atom. The van der Waals surface area contributed by atoms with E-state index in [2.05, 4.69) is 138 Å². The van der Waals surface area contributed by atoms with Gasteiger partial charge in [-0.15, -0.1) is 0 Å². The highest BCUT2D eigenvalue weighted by molar-refractivity contribution is 6.09. The SMILES string of the molecule is c1ccc(-c2nc(-c3ccccc3)nc(C3(c4ccc5c(c4)c4ccccc4n5-c4ccccc4)C4CC5CC(C4)CC3C5)n2)cc1. The maximum atomic E-state index is 5.49. The van der Waals surface area contributed by atoms with E-state index in [-0.39, 0.29) is 5.41 Å². The summed E-state index contributed by atoms with van der Waals surface area (Å²) >= 11 is 0. The van der Waals surface area contributed by atoms with Crippen molar-refractivity contribution in [2.45, 2.75) is 37.5 Å². The van der Waals surface area contributed by atoms with Gasteiger partial charge in [0, 0.05) is 27.6 Å². The van der Waals surface area contributed by atoms with Crippen molar-refractivity contribution in [3.05, 3.63) is 145 Å². The zero-order valence-corrected chi connectivity index (χ0v) is 26.3. The van der Waals surface area contributed by atoms with Gasteiger partial charge in [-0.1, -0.05) is 103 Å². The van der Waals surface area contributed by atoms with Crippen molar-refractivity contribution in [3.8, 4) is 28.5 Å². The first-order valence-corrected chi connectivity index (χ1v) is 17.2. The van der Waals surface area contributed by atoms with E-state index in [0.29, 0.717) is 11.8 Å². The normalized spacial score (nSPS) is 24.7. The van der Waals surface area contributed by atoms with Crippen molar-refractivity contribution in [2.24, 2.45) is 23.7 Å². The Balaban J connectivity index is 1.26. The number of hydrogen-bond acceptors (Lipinski definition) is 3. The molecule has 2 heterocycles. The third kappa shape index (κ3) is 4.10. The second-order valence-electron chi connectivity index (χ2n) is 14.1. The number of benzene rings is 5. The number of hydrogen-bond donors (Lipinski definition) is 0. The second-order valence-corrected chi connectivity index (χ2v) is 14.1. The van der Waals surface area contributed by atoms with Crippen LogP contribution in [-0.2, 0) is 5.41 Å². The number of rotatable bonds is 5. The molecule has 4 saturated carbocycles. The third-order valence-electron chi connectivity index (χ3n) is 11.7. The Morgan fingerprint density at radius 2 is 1.02 bits per heavy atom. The van der Waals surface area contributed by atoms with Crippen molar-refractivity contribution in [2.75, 3.05) is 0 Å². The third-order valence-corrected chi connectivity index (χ3v) is 11.7. The van der Waals surface area contributed by atoms with Gasteiger partial charge >= 0.3 is 0 Å². The van der Waals surface area contributed by atoms with Crippen LogP contribution in [0.5, 0.6) is 0 Å². The minimum Gasteiger partial charge on any atom is -0.309 e. The standard InChI is InChI=1S/C43H36N4/c1-4-12-30(13-5-1)40-44-41(31-14-6-2-7-15-31)46-42(45-40)43(33-23-28-22-29(25-33)26-34(43)24-28)32-20-21-39-37(27-32)36-18-10-11-19-38(36)47(39)35-16-8-3-9-17-35/h1-21,27-29,33-34H,22-26H2. The van der Waals surface area contributed by atoms with Crippen LogP contribution in [0.25, 0.3) is 50.3 Å². The monoisotopic (exact) mass is 608 g/mol. The molecule has 0 saturated heterocycles. The van der Waals surface area contributed by atoms with E-state index in [1.807, 2.05) is 0 Å². The first-order chi connectivity index (χ1) is 23.3. The van der Waals surface area contributed by atoms with Gasteiger partial charge in [-0.3, -0.25) is 0 Å². The summed E-state index contributed by atoms with van der Waals surface area (Å²) in [6.07, 6.45) is 6.41.